The van der Waals surface area contributed by atoms with Crippen LogP contribution < -0.4 is 0 Å². The van der Waals surface area contributed by atoms with Crippen molar-refractivity contribution in [1.29, 1.82) is 0 Å². The zero-order chi connectivity index (χ0) is 13.3. The summed E-state index contributed by atoms with van der Waals surface area (Å²) in [6, 6.07) is 1.53. The average Bonchev–Trinajstić information content (AvgIpc) is 2.77. The molecule has 0 saturated heterocycles. The first-order valence-corrected chi connectivity index (χ1v) is 4.96. The van der Waals surface area contributed by atoms with Gasteiger partial charge in [0.05, 0.1) is 11.8 Å². The van der Waals surface area contributed by atoms with E-state index in [-0.39, 0.29) is 5.82 Å². The number of aromatic nitrogens is 3. The molecule has 0 bridgehead atoms. The molecule has 0 radical (unpaired) electrons. The predicted octanol–water partition coefficient (Wildman–Crippen LogP) is 2.41. The Hall–Kier alpha value is -2.18. The summed E-state index contributed by atoms with van der Waals surface area (Å²) in [6.07, 6.45) is -0.947. The largest absolute Gasteiger partial charge is 0.419 e. The monoisotopic (exact) mass is 255 g/mol. The second-order valence-electron chi connectivity index (χ2n) is 3.70. The summed E-state index contributed by atoms with van der Waals surface area (Å²) in [5, 5.41) is 3.62. The van der Waals surface area contributed by atoms with Crippen molar-refractivity contribution in [3.8, 4) is 5.82 Å². The van der Waals surface area contributed by atoms with Crippen LogP contribution in [0.3, 0.4) is 0 Å². The molecule has 7 heteroatoms. The Labute approximate surface area is 100 Å². The van der Waals surface area contributed by atoms with Crippen LogP contribution in [0.25, 0.3) is 5.82 Å². The van der Waals surface area contributed by atoms with Crippen LogP contribution in [0.5, 0.6) is 0 Å². The second-order valence-corrected chi connectivity index (χ2v) is 3.70. The molecule has 4 nitrogen and oxygen atoms in total. The Morgan fingerprint density at radius 1 is 1.33 bits per heavy atom. The first kappa shape index (κ1) is 12.3. The van der Waals surface area contributed by atoms with Gasteiger partial charge in [-0.2, -0.15) is 18.3 Å². The third kappa shape index (κ3) is 2.24. The molecule has 18 heavy (non-hydrogen) atoms. The van der Waals surface area contributed by atoms with Crippen LogP contribution in [-0.2, 0) is 6.18 Å². The lowest BCUT2D eigenvalue weighted by Gasteiger charge is -2.05. The molecular formula is C11H8F3N3O. The van der Waals surface area contributed by atoms with Crippen LogP contribution >= 0.6 is 0 Å². The van der Waals surface area contributed by atoms with Crippen molar-refractivity contribution < 1.29 is 18.0 Å². The molecule has 0 unspecified atom stereocenters. The highest BCUT2D eigenvalue weighted by molar-refractivity contribution is 5.74. The summed E-state index contributed by atoms with van der Waals surface area (Å²) in [7, 11) is 0. The van der Waals surface area contributed by atoms with Crippen molar-refractivity contribution in [2.24, 2.45) is 0 Å². The van der Waals surface area contributed by atoms with Gasteiger partial charge in [0.1, 0.15) is 0 Å². The zero-order valence-corrected chi connectivity index (χ0v) is 9.27. The summed E-state index contributed by atoms with van der Waals surface area (Å²) in [6.45, 7) is 1.64. The highest BCUT2D eigenvalue weighted by Crippen LogP contribution is 2.29. The Morgan fingerprint density at radius 2 is 2.06 bits per heavy atom. The normalized spacial score (nSPS) is 11.6. The van der Waals surface area contributed by atoms with Crippen molar-refractivity contribution in [1.82, 2.24) is 14.8 Å². The Morgan fingerprint density at radius 3 is 2.56 bits per heavy atom. The summed E-state index contributed by atoms with van der Waals surface area (Å²) >= 11 is 0. The van der Waals surface area contributed by atoms with E-state index in [1.54, 1.807) is 6.92 Å². The second kappa shape index (κ2) is 4.25. The third-order valence-electron chi connectivity index (χ3n) is 2.33. The minimum absolute atomic E-state index is 0.260. The van der Waals surface area contributed by atoms with E-state index in [1.807, 2.05) is 0 Å². The number of pyridine rings is 1. The van der Waals surface area contributed by atoms with Crippen LogP contribution in [-0.4, -0.2) is 21.1 Å². The van der Waals surface area contributed by atoms with Gasteiger partial charge in [0.25, 0.3) is 0 Å². The molecule has 0 fully saturated rings. The molecule has 0 saturated carbocycles. The molecule has 2 rings (SSSR count). The lowest BCUT2D eigenvalue weighted by molar-refractivity contribution is -0.137. The predicted molar refractivity (Wildman–Crippen MR) is 56.5 cm³/mol. The van der Waals surface area contributed by atoms with E-state index in [0.29, 0.717) is 17.4 Å². The van der Waals surface area contributed by atoms with Gasteiger partial charge < -0.3 is 0 Å². The maximum atomic E-state index is 12.4. The number of alkyl halides is 3. The number of hydrogen-bond acceptors (Lipinski definition) is 3. The van der Waals surface area contributed by atoms with Crippen molar-refractivity contribution in [3.05, 3.63) is 41.3 Å². The molecule has 0 aliphatic carbocycles. The van der Waals surface area contributed by atoms with E-state index in [9.17, 15) is 18.0 Å². The molecule has 2 aromatic rings. The number of hydrogen-bond donors (Lipinski definition) is 0. The fourth-order valence-electron chi connectivity index (χ4n) is 1.48. The molecule has 2 aromatic heterocycles. The fourth-order valence-corrected chi connectivity index (χ4v) is 1.48. The number of aryl methyl sites for hydroxylation is 1. The number of rotatable bonds is 2. The summed E-state index contributed by atoms with van der Waals surface area (Å²) in [4.78, 5) is 14.4. The van der Waals surface area contributed by atoms with Crippen LogP contribution in [0, 0.1) is 6.92 Å². The number of carbonyl (C=O) groups excluding carboxylic acids is 1. The molecule has 94 valence electrons. The van der Waals surface area contributed by atoms with E-state index in [1.165, 1.54) is 12.3 Å². The lowest BCUT2D eigenvalue weighted by atomic mass is 10.2. The molecular weight excluding hydrogens is 247 g/mol. The smallest absolute Gasteiger partial charge is 0.298 e. The summed E-state index contributed by atoms with van der Waals surface area (Å²) in [5.41, 5.74) is 0.0824. The standard InChI is InChI=1S/C11H8F3N3O/c1-7-2-8(6-18)3-15-10(7)17-5-9(4-16-17)11(12,13)14/h2-6H,1H3. The van der Waals surface area contributed by atoms with Gasteiger partial charge >= 0.3 is 6.18 Å². The summed E-state index contributed by atoms with van der Waals surface area (Å²) < 4.78 is 38.3. The van der Waals surface area contributed by atoms with Crippen LogP contribution in [0.1, 0.15) is 21.5 Å². The highest BCUT2D eigenvalue weighted by Gasteiger charge is 2.32. The van der Waals surface area contributed by atoms with Gasteiger partial charge in [0.15, 0.2) is 12.1 Å². The fraction of sp³-hybridized carbons (Fsp3) is 0.182. The van der Waals surface area contributed by atoms with Gasteiger partial charge in [-0.15, -0.1) is 0 Å². The molecule has 0 N–H and O–H groups in total. The van der Waals surface area contributed by atoms with Gasteiger partial charge in [-0.05, 0) is 18.6 Å². The Bertz CT molecular complexity index is 589. The van der Waals surface area contributed by atoms with Gasteiger partial charge in [-0.1, -0.05) is 0 Å². The first-order valence-electron chi connectivity index (χ1n) is 4.96. The number of halogens is 3. The van der Waals surface area contributed by atoms with Crippen LogP contribution in [0.2, 0.25) is 0 Å². The molecule has 0 atom stereocenters. The van der Waals surface area contributed by atoms with E-state index in [0.717, 1.165) is 17.1 Å². The molecule has 0 amide bonds. The van der Waals surface area contributed by atoms with E-state index in [4.69, 9.17) is 0 Å². The highest BCUT2D eigenvalue weighted by atomic mass is 19.4. The average molecular weight is 255 g/mol. The quantitative estimate of drug-likeness (QED) is 0.774. The van der Waals surface area contributed by atoms with Gasteiger partial charge in [0, 0.05) is 18.0 Å². The van der Waals surface area contributed by atoms with Gasteiger partial charge in [0.2, 0.25) is 0 Å². The van der Waals surface area contributed by atoms with Crippen molar-refractivity contribution in [3.63, 3.8) is 0 Å². The van der Waals surface area contributed by atoms with E-state index in [2.05, 4.69) is 10.1 Å². The summed E-state index contributed by atoms with van der Waals surface area (Å²) in [5.74, 6) is 0.260. The minimum Gasteiger partial charge on any atom is -0.298 e. The van der Waals surface area contributed by atoms with Gasteiger partial charge in [-0.3, -0.25) is 4.79 Å². The van der Waals surface area contributed by atoms with Crippen molar-refractivity contribution >= 4 is 6.29 Å². The molecule has 2 heterocycles. The molecule has 0 spiro atoms. The maximum absolute atomic E-state index is 12.4. The molecule has 0 aromatic carbocycles. The van der Waals surface area contributed by atoms with Crippen molar-refractivity contribution in [2.75, 3.05) is 0 Å². The maximum Gasteiger partial charge on any atom is 0.419 e. The van der Waals surface area contributed by atoms with E-state index >= 15 is 0 Å². The SMILES string of the molecule is Cc1cc(C=O)cnc1-n1cc(C(F)(F)F)cn1. The third-order valence-corrected chi connectivity index (χ3v) is 2.33. The van der Waals surface area contributed by atoms with Crippen LogP contribution in [0.4, 0.5) is 13.2 Å². The molecule has 0 aliphatic heterocycles. The van der Waals surface area contributed by atoms with E-state index < -0.39 is 11.7 Å². The van der Waals surface area contributed by atoms with Crippen LogP contribution in [0.15, 0.2) is 24.7 Å². The van der Waals surface area contributed by atoms with Gasteiger partial charge in [-0.25, -0.2) is 9.67 Å². The minimum atomic E-state index is -4.44. The Balaban J connectivity index is 2.43. The lowest BCUT2D eigenvalue weighted by Crippen LogP contribution is -2.04. The number of nitrogens with zero attached hydrogens (tertiary/aromatic N) is 3. The molecule has 0 aliphatic rings. The number of carbonyl (C=O) groups is 1. The zero-order valence-electron chi connectivity index (χ0n) is 9.27. The topological polar surface area (TPSA) is 47.8 Å². The van der Waals surface area contributed by atoms with Crippen molar-refractivity contribution in [2.45, 2.75) is 13.1 Å². The Kier molecular flexibility index (Phi) is 2.90. The number of aldehydes is 1. The first-order chi connectivity index (χ1) is 8.41.